The molecule has 0 bridgehead atoms. The Balaban J connectivity index is 1.32. The summed E-state index contributed by atoms with van der Waals surface area (Å²) in [5, 5.41) is 4.36. The van der Waals surface area contributed by atoms with Gasteiger partial charge in [0.05, 0.1) is 12.1 Å². The lowest BCUT2D eigenvalue weighted by Gasteiger charge is -2.44. The van der Waals surface area contributed by atoms with Gasteiger partial charge in [-0.2, -0.15) is 0 Å². The summed E-state index contributed by atoms with van der Waals surface area (Å²) in [7, 11) is 0. The summed E-state index contributed by atoms with van der Waals surface area (Å²) in [4.78, 5) is 14.9. The molecule has 3 heterocycles. The number of carbonyl (C=O) groups is 1. The Kier molecular flexibility index (Phi) is 4.30. The summed E-state index contributed by atoms with van der Waals surface area (Å²) < 4.78 is 8.39. The van der Waals surface area contributed by atoms with Crippen LogP contribution in [0.15, 0.2) is 54.7 Å². The molecule has 5 heteroatoms. The van der Waals surface area contributed by atoms with E-state index in [0.29, 0.717) is 17.9 Å². The molecule has 0 unspecified atom stereocenters. The maximum absolute atomic E-state index is 12.5. The molecule has 146 valence electrons. The van der Waals surface area contributed by atoms with Crippen molar-refractivity contribution in [1.82, 2.24) is 14.8 Å². The van der Waals surface area contributed by atoms with Crippen LogP contribution in [0.3, 0.4) is 0 Å². The number of nitrogens with zero attached hydrogens (tertiary/aromatic N) is 2. The Labute approximate surface area is 170 Å². The van der Waals surface area contributed by atoms with Gasteiger partial charge >= 0.3 is 0 Å². The molecule has 5 rings (SSSR count). The summed E-state index contributed by atoms with van der Waals surface area (Å²) in [5.74, 6) is 3.38. The fourth-order valence-corrected chi connectivity index (χ4v) is 4.47. The zero-order valence-corrected chi connectivity index (χ0v) is 16.2. The normalized spacial score (nSPS) is 18.1. The van der Waals surface area contributed by atoms with Crippen molar-refractivity contribution in [1.29, 1.82) is 0 Å². The lowest BCUT2D eigenvalue weighted by Crippen LogP contribution is -2.60. The van der Waals surface area contributed by atoms with Crippen molar-refractivity contribution in [3.8, 4) is 18.1 Å². The Morgan fingerprint density at radius 2 is 1.86 bits per heavy atom. The van der Waals surface area contributed by atoms with E-state index < -0.39 is 5.72 Å². The van der Waals surface area contributed by atoms with Crippen molar-refractivity contribution in [3.63, 3.8) is 0 Å². The molecule has 1 fully saturated rings. The number of terminal acetylenes is 1. The molecule has 2 aromatic carbocycles. The zero-order valence-electron chi connectivity index (χ0n) is 16.2. The molecule has 0 aliphatic carbocycles. The molecular weight excluding hydrogens is 362 g/mol. The molecule has 2 aliphatic rings. The van der Waals surface area contributed by atoms with E-state index in [1.807, 2.05) is 24.3 Å². The van der Waals surface area contributed by atoms with E-state index in [4.69, 9.17) is 11.2 Å². The number of ether oxygens (including phenoxy) is 1. The zero-order chi connectivity index (χ0) is 19.8. The highest BCUT2D eigenvalue weighted by Gasteiger charge is 2.42. The van der Waals surface area contributed by atoms with Gasteiger partial charge in [0.15, 0.2) is 5.72 Å². The summed E-state index contributed by atoms with van der Waals surface area (Å²) in [5.41, 5.74) is 2.47. The second-order valence-corrected chi connectivity index (χ2v) is 7.83. The van der Waals surface area contributed by atoms with Gasteiger partial charge in [0.25, 0.3) is 5.91 Å². The van der Waals surface area contributed by atoms with Gasteiger partial charge in [-0.15, -0.1) is 6.42 Å². The third-order valence-electron chi connectivity index (χ3n) is 5.97. The van der Waals surface area contributed by atoms with Crippen LogP contribution >= 0.6 is 0 Å². The van der Waals surface area contributed by atoms with Crippen LogP contribution in [0.1, 0.15) is 28.8 Å². The average molecular weight is 385 g/mol. The van der Waals surface area contributed by atoms with E-state index in [-0.39, 0.29) is 5.91 Å². The first-order chi connectivity index (χ1) is 14.2. The number of benzene rings is 2. The lowest BCUT2D eigenvalue weighted by atomic mass is 9.96. The van der Waals surface area contributed by atoms with Crippen LogP contribution in [-0.4, -0.2) is 34.2 Å². The smallest absolute Gasteiger partial charge is 0.258 e. The number of amides is 1. The van der Waals surface area contributed by atoms with E-state index in [2.05, 4.69) is 45.1 Å². The summed E-state index contributed by atoms with van der Waals surface area (Å²) in [6.45, 7) is 3.15. The molecule has 1 saturated heterocycles. The minimum atomic E-state index is -0.598. The monoisotopic (exact) mass is 385 g/mol. The van der Waals surface area contributed by atoms with E-state index in [0.717, 1.165) is 32.5 Å². The number of hydrogen-bond acceptors (Lipinski definition) is 3. The molecule has 2 aliphatic heterocycles. The summed E-state index contributed by atoms with van der Waals surface area (Å²) >= 11 is 0. The van der Waals surface area contributed by atoms with Crippen molar-refractivity contribution >= 4 is 16.8 Å². The van der Waals surface area contributed by atoms with Gasteiger partial charge < -0.3 is 14.6 Å². The highest BCUT2D eigenvalue weighted by atomic mass is 16.5. The first-order valence-electron chi connectivity index (χ1n) is 10.0. The SMILES string of the molecule is C#CCn1cc(CN2CCC3(CC2)NC(=O)c2ccccc2O3)c2ccccc21. The molecule has 29 heavy (non-hydrogen) atoms. The lowest BCUT2D eigenvalue weighted by molar-refractivity contribution is -0.0303. The topological polar surface area (TPSA) is 46.5 Å². The molecular formula is C24H23N3O2. The molecule has 1 N–H and O–H groups in total. The number of para-hydroxylation sites is 2. The van der Waals surface area contributed by atoms with Crippen molar-refractivity contribution in [3.05, 3.63) is 65.9 Å². The number of likely N-dealkylation sites (tertiary alicyclic amines) is 1. The van der Waals surface area contributed by atoms with E-state index >= 15 is 0 Å². The predicted molar refractivity (Wildman–Crippen MR) is 113 cm³/mol. The summed E-state index contributed by atoms with van der Waals surface area (Å²) in [6, 6.07) is 15.8. The van der Waals surface area contributed by atoms with E-state index in [1.54, 1.807) is 6.07 Å². The number of aromatic nitrogens is 1. The molecule has 1 spiro atoms. The van der Waals surface area contributed by atoms with Gasteiger partial charge in [0, 0.05) is 49.6 Å². The first-order valence-corrected chi connectivity index (χ1v) is 10.0. The molecule has 0 radical (unpaired) electrons. The first kappa shape index (κ1) is 17.8. The Morgan fingerprint density at radius 3 is 2.69 bits per heavy atom. The van der Waals surface area contributed by atoms with Crippen LogP contribution in [-0.2, 0) is 13.1 Å². The Bertz CT molecular complexity index is 1120. The Hall–Kier alpha value is -3.23. The molecule has 0 atom stereocenters. The van der Waals surface area contributed by atoms with Crippen LogP contribution in [0, 0.1) is 12.3 Å². The molecule has 0 saturated carbocycles. The quantitative estimate of drug-likeness (QED) is 0.703. The number of fused-ring (bicyclic) bond motifs is 2. The fraction of sp³-hybridized carbons (Fsp3) is 0.292. The highest BCUT2D eigenvalue weighted by molar-refractivity contribution is 5.98. The van der Waals surface area contributed by atoms with Crippen LogP contribution < -0.4 is 10.1 Å². The van der Waals surface area contributed by atoms with Crippen molar-refractivity contribution in [2.75, 3.05) is 13.1 Å². The molecule has 5 nitrogen and oxygen atoms in total. The third kappa shape index (κ3) is 3.16. The molecule has 1 aromatic heterocycles. The van der Waals surface area contributed by atoms with Crippen LogP contribution in [0.25, 0.3) is 10.9 Å². The molecule has 1 amide bonds. The fourth-order valence-electron chi connectivity index (χ4n) is 4.47. The van der Waals surface area contributed by atoms with Gasteiger partial charge in [-0.25, -0.2) is 0 Å². The van der Waals surface area contributed by atoms with Crippen molar-refractivity contribution in [2.45, 2.75) is 31.7 Å². The highest BCUT2D eigenvalue weighted by Crippen LogP contribution is 2.34. The van der Waals surface area contributed by atoms with Gasteiger partial charge in [-0.3, -0.25) is 9.69 Å². The van der Waals surface area contributed by atoms with Crippen molar-refractivity contribution in [2.24, 2.45) is 0 Å². The van der Waals surface area contributed by atoms with Crippen LogP contribution in [0.2, 0.25) is 0 Å². The second kappa shape index (κ2) is 6.98. The average Bonchev–Trinajstić information content (AvgIpc) is 3.08. The molecule has 3 aromatic rings. The number of nitrogens with one attached hydrogen (secondary N) is 1. The standard InChI is InChI=1S/C24H23N3O2/c1-2-13-27-17-18(19-7-3-5-9-21(19)27)16-26-14-11-24(12-15-26)25-23(28)20-8-4-6-10-22(20)29-24/h1,3-10,17H,11-16H2,(H,25,28). The van der Waals surface area contributed by atoms with Gasteiger partial charge in [0.2, 0.25) is 0 Å². The van der Waals surface area contributed by atoms with E-state index in [9.17, 15) is 4.79 Å². The number of piperidine rings is 1. The minimum absolute atomic E-state index is 0.0438. The maximum atomic E-state index is 12.5. The Morgan fingerprint density at radius 1 is 1.10 bits per heavy atom. The minimum Gasteiger partial charge on any atom is -0.467 e. The maximum Gasteiger partial charge on any atom is 0.258 e. The number of carbonyl (C=O) groups excluding carboxylic acids is 1. The number of hydrogen-bond donors (Lipinski definition) is 1. The largest absolute Gasteiger partial charge is 0.467 e. The van der Waals surface area contributed by atoms with Gasteiger partial charge in [-0.1, -0.05) is 36.3 Å². The summed E-state index contributed by atoms with van der Waals surface area (Å²) in [6.07, 6.45) is 9.23. The third-order valence-corrected chi connectivity index (χ3v) is 5.97. The van der Waals surface area contributed by atoms with E-state index in [1.165, 1.54) is 16.5 Å². The van der Waals surface area contributed by atoms with Crippen molar-refractivity contribution < 1.29 is 9.53 Å². The van der Waals surface area contributed by atoms with Gasteiger partial charge in [-0.05, 0) is 23.8 Å². The predicted octanol–water partition coefficient (Wildman–Crippen LogP) is 3.39. The van der Waals surface area contributed by atoms with Crippen LogP contribution in [0.4, 0.5) is 0 Å². The number of rotatable bonds is 3. The van der Waals surface area contributed by atoms with Gasteiger partial charge in [0.1, 0.15) is 5.75 Å². The second-order valence-electron chi connectivity index (χ2n) is 7.83. The van der Waals surface area contributed by atoms with Crippen LogP contribution in [0.5, 0.6) is 5.75 Å².